The van der Waals surface area contributed by atoms with Crippen molar-refractivity contribution in [2.24, 2.45) is 0 Å². The van der Waals surface area contributed by atoms with E-state index in [1.54, 1.807) is 6.07 Å². The van der Waals surface area contributed by atoms with Gasteiger partial charge in [-0.15, -0.1) is 0 Å². The summed E-state index contributed by atoms with van der Waals surface area (Å²) in [5.41, 5.74) is 2.95. The van der Waals surface area contributed by atoms with Gasteiger partial charge in [0.05, 0.1) is 16.4 Å². The molecule has 0 aliphatic carbocycles. The van der Waals surface area contributed by atoms with Gasteiger partial charge in [0, 0.05) is 10.8 Å². The van der Waals surface area contributed by atoms with Gasteiger partial charge in [-0.2, -0.15) is 0 Å². The van der Waals surface area contributed by atoms with Gasteiger partial charge in [0.15, 0.2) is 0 Å². The van der Waals surface area contributed by atoms with Gasteiger partial charge >= 0.3 is 0 Å². The highest BCUT2D eigenvalue weighted by atomic mass is 16.3. The molecular weight excluding hydrogens is 520 g/mol. The fourth-order valence-corrected chi connectivity index (χ4v) is 6.21. The van der Waals surface area contributed by atoms with Crippen molar-refractivity contribution in [2.75, 3.05) is 0 Å². The van der Waals surface area contributed by atoms with Crippen molar-refractivity contribution in [3.63, 3.8) is 0 Å². The Balaban J connectivity index is 1.34. The van der Waals surface area contributed by atoms with Gasteiger partial charge in [-0.1, -0.05) is 133 Å². The van der Waals surface area contributed by atoms with Crippen LogP contribution in [0.5, 0.6) is 0 Å². The lowest BCUT2D eigenvalue weighted by atomic mass is 9.84. The second-order valence-electron chi connectivity index (χ2n) is 10.4. The number of fused-ring (bicyclic) bond motifs is 6. The van der Waals surface area contributed by atoms with Crippen molar-refractivity contribution in [1.82, 2.24) is 0 Å². The number of rotatable bonds is 3. The molecule has 1 aromatic heterocycles. The Morgan fingerprint density at radius 1 is 0.419 bits per heavy atom. The van der Waals surface area contributed by atoms with Gasteiger partial charge in [0.2, 0.25) is 0 Å². The molecule has 0 bridgehead atoms. The highest BCUT2D eigenvalue weighted by molar-refractivity contribution is 6.25. The molecule has 0 saturated carbocycles. The second-order valence-corrected chi connectivity index (χ2v) is 10.4. The standard InChI is InChI=1S/C42H26O/c1-2-11-27(12-3-1)28-21-22-30-26-31(24-23-29(30)25-28)40-32-13-4-6-15-34(32)41(35-16-7-5-14-33(35)40)37-18-10-20-39-42(37)36-17-8-9-19-38(36)43-39/h1-26H/i1D,2D,3D,8D,9D,10D,11D,12D,17D,18D,19D,20D. The molecule has 0 unspecified atom stereocenters. The first-order valence-corrected chi connectivity index (χ1v) is 13.8. The van der Waals surface area contributed by atoms with Gasteiger partial charge in [-0.25, -0.2) is 0 Å². The Kier molecular flexibility index (Phi) is 3.29. The van der Waals surface area contributed by atoms with E-state index in [-0.39, 0.29) is 63.3 Å². The highest BCUT2D eigenvalue weighted by Crippen LogP contribution is 2.47. The van der Waals surface area contributed by atoms with Crippen LogP contribution in [-0.2, 0) is 0 Å². The predicted molar refractivity (Wildman–Crippen MR) is 183 cm³/mol. The third-order valence-corrected chi connectivity index (χ3v) is 8.05. The van der Waals surface area contributed by atoms with E-state index in [2.05, 4.69) is 0 Å². The summed E-state index contributed by atoms with van der Waals surface area (Å²) in [4.78, 5) is 0. The fourth-order valence-electron chi connectivity index (χ4n) is 6.21. The van der Waals surface area contributed by atoms with Crippen LogP contribution in [0.4, 0.5) is 0 Å². The summed E-state index contributed by atoms with van der Waals surface area (Å²) in [5, 5.41) is 4.94. The van der Waals surface area contributed by atoms with Crippen LogP contribution in [0.3, 0.4) is 0 Å². The number of hydrogen-bond donors (Lipinski definition) is 0. The van der Waals surface area contributed by atoms with E-state index in [9.17, 15) is 1.37 Å². The summed E-state index contributed by atoms with van der Waals surface area (Å²) < 4.78 is 108. The largest absolute Gasteiger partial charge is 0.456 e. The smallest absolute Gasteiger partial charge is 0.136 e. The van der Waals surface area contributed by atoms with Crippen LogP contribution in [0, 0.1) is 0 Å². The van der Waals surface area contributed by atoms with Gasteiger partial charge in [-0.05, 0) is 89.9 Å². The Labute approximate surface area is 266 Å². The van der Waals surface area contributed by atoms with Crippen molar-refractivity contribution in [2.45, 2.75) is 0 Å². The quantitative estimate of drug-likeness (QED) is 0.197. The summed E-state index contributed by atoms with van der Waals surface area (Å²) in [6, 6.07) is 22.1. The van der Waals surface area contributed by atoms with Crippen LogP contribution in [0.15, 0.2) is 162 Å². The molecular formula is C42H26O. The van der Waals surface area contributed by atoms with E-state index in [1.165, 1.54) is 0 Å². The molecule has 9 rings (SSSR count). The van der Waals surface area contributed by atoms with Crippen molar-refractivity contribution in [3.05, 3.63) is 157 Å². The average Bonchev–Trinajstić information content (AvgIpc) is 3.60. The molecule has 0 amide bonds. The first-order chi connectivity index (χ1) is 26.3. The molecule has 0 spiro atoms. The van der Waals surface area contributed by atoms with Crippen LogP contribution >= 0.6 is 0 Å². The van der Waals surface area contributed by atoms with Gasteiger partial charge in [0.25, 0.3) is 0 Å². The summed E-state index contributed by atoms with van der Waals surface area (Å²) in [6.07, 6.45) is 0. The SMILES string of the molecule is [2H]c1c([2H])c([2H])c(-c2ccc3cc(-c4c5ccccc5c(-c5c([2H])c([2H])c([2H])c6oc7c([2H])c([2H])c([2H])c([2H])c7c56)c5ccccc45)ccc3c2)c([2H])c1[2H]. The minimum absolute atomic E-state index is 0.0488. The normalized spacial score (nSPS) is 15.6. The zero-order valence-electron chi connectivity index (χ0n) is 34.5. The highest BCUT2D eigenvalue weighted by Gasteiger charge is 2.20. The number of benzene rings is 8. The number of hydrogen-bond acceptors (Lipinski definition) is 1. The third-order valence-electron chi connectivity index (χ3n) is 8.05. The Morgan fingerprint density at radius 3 is 1.72 bits per heavy atom. The molecule has 0 aliphatic rings. The number of para-hydroxylation sites is 1. The van der Waals surface area contributed by atoms with Crippen molar-refractivity contribution in [3.8, 4) is 33.4 Å². The first-order valence-electron chi connectivity index (χ1n) is 19.8. The van der Waals surface area contributed by atoms with E-state index < -0.39 is 42.3 Å². The maximum absolute atomic E-state index is 9.29. The van der Waals surface area contributed by atoms with Crippen LogP contribution < -0.4 is 0 Å². The average molecular weight is 559 g/mol. The second kappa shape index (κ2) is 9.44. The molecule has 0 saturated heterocycles. The lowest BCUT2D eigenvalue weighted by Crippen LogP contribution is -1.91. The molecule has 1 heteroatoms. The Morgan fingerprint density at radius 2 is 1.00 bits per heavy atom. The monoisotopic (exact) mass is 558 g/mol. The van der Waals surface area contributed by atoms with E-state index in [0.717, 1.165) is 43.4 Å². The maximum atomic E-state index is 9.29. The lowest BCUT2D eigenvalue weighted by Gasteiger charge is -2.18. The minimum Gasteiger partial charge on any atom is -0.456 e. The van der Waals surface area contributed by atoms with Crippen molar-refractivity contribution < 1.29 is 20.9 Å². The molecule has 0 N–H and O–H groups in total. The summed E-state index contributed by atoms with van der Waals surface area (Å²) in [7, 11) is 0. The summed E-state index contributed by atoms with van der Waals surface area (Å²) in [6.45, 7) is 0. The van der Waals surface area contributed by atoms with E-state index in [0.29, 0.717) is 11.1 Å². The zero-order chi connectivity index (χ0) is 38.8. The molecule has 1 heterocycles. The van der Waals surface area contributed by atoms with E-state index >= 15 is 0 Å². The van der Waals surface area contributed by atoms with E-state index in [1.807, 2.05) is 78.9 Å². The Bertz CT molecular complexity index is 3100. The molecule has 0 fully saturated rings. The van der Waals surface area contributed by atoms with Crippen LogP contribution in [0.1, 0.15) is 16.4 Å². The molecule has 43 heavy (non-hydrogen) atoms. The van der Waals surface area contributed by atoms with Gasteiger partial charge in [-0.3, -0.25) is 0 Å². The molecule has 8 aromatic carbocycles. The lowest BCUT2D eigenvalue weighted by molar-refractivity contribution is 0.669. The van der Waals surface area contributed by atoms with Crippen LogP contribution in [-0.4, -0.2) is 0 Å². The molecule has 9 aromatic rings. The number of furan rings is 1. The Hall–Kier alpha value is -5.66. The molecule has 1 nitrogen and oxygen atoms in total. The topological polar surface area (TPSA) is 13.1 Å². The zero-order valence-corrected chi connectivity index (χ0v) is 22.5. The van der Waals surface area contributed by atoms with Crippen LogP contribution in [0.25, 0.3) is 87.6 Å². The summed E-state index contributed by atoms with van der Waals surface area (Å²) in [5.74, 6) is 0. The third kappa shape index (κ3) is 3.72. The predicted octanol–water partition coefficient (Wildman–Crippen LogP) is 12.0. The van der Waals surface area contributed by atoms with E-state index in [4.69, 9.17) is 19.5 Å². The van der Waals surface area contributed by atoms with Gasteiger partial charge in [0.1, 0.15) is 11.2 Å². The molecule has 0 atom stereocenters. The molecule has 200 valence electrons. The first kappa shape index (κ1) is 15.0. The van der Waals surface area contributed by atoms with Crippen molar-refractivity contribution >= 4 is 54.3 Å². The molecule has 0 radical (unpaired) electrons. The molecule has 0 aliphatic heterocycles. The fraction of sp³-hybridized carbons (Fsp3) is 0. The van der Waals surface area contributed by atoms with Crippen LogP contribution in [0.2, 0.25) is 0 Å². The summed E-state index contributed by atoms with van der Waals surface area (Å²) >= 11 is 0. The maximum Gasteiger partial charge on any atom is 0.136 e. The van der Waals surface area contributed by atoms with Crippen molar-refractivity contribution in [1.29, 1.82) is 0 Å². The van der Waals surface area contributed by atoms with Gasteiger partial charge < -0.3 is 4.42 Å². The minimum atomic E-state index is -0.484.